The molecule has 3 aromatic carbocycles. The summed E-state index contributed by atoms with van der Waals surface area (Å²) < 4.78 is 0. The van der Waals surface area contributed by atoms with Crippen molar-refractivity contribution in [3.8, 4) is 5.75 Å². The molecule has 7 nitrogen and oxygen atoms in total. The van der Waals surface area contributed by atoms with E-state index in [0.717, 1.165) is 30.2 Å². The first-order chi connectivity index (χ1) is 23.4. The van der Waals surface area contributed by atoms with E-state index in [2.05, 4.69) is 29.7 Å². The third-order valence-corrected chi connectivity index (χ3v) is 8.93. The molecule has 0 aliphatic heterocycles. The Balaban J connectivity index is 1.26. The molecule has 0 fully saturated rings. The first kappa shape index (κ1) is 38.3. The molecular weight excluding hydrogens is 600 g/mol. The zero-order valence-electron chi connectivity index (χ0n) is 28.9. The van der Waals surface area contributed by atoms with Gasteiger partial charge in [-0.25, -0.2) is 0 Å². The van der Waals surface area contributed by atoms with E-state index >= 15 is 0 Å². The van der Waals surface area contributed by atoms with Crippen LogP contribution in [0.3, 0.4) is 0 Å². The highest BCUT2D eigenvalue weighted by Gasteiger charge is 2.21. The standard InChI is InChI=1S/C41H56N2O5/c1-2-3-4-5-6-7-8-9-10-11-12-13-14-15-16-17-21-34(41(47)48)31-38(44)43-35-26-23-32(24-27-35)29-30-42-40(46)37-28-25-33-20-18-19-22-36(33)39(37)45/h8-9,18-20,22-28,34,45H,2-7,10-17,21,29-31H2,1H3,(H,42,46)(H,43,44)(H,47,48)/b9-8+. The Bertz CT molecular complexity index is 1430. The number of fused-ring (bicyclic) bond motifs is 1. The van der Waals surface area contributed by atoms with Crippen molar-refractivity contribution in [1.29, 1.82) is 0 Å². The van der Waals surface area contributed by atoms with Gasteiger partial charge in [0.25, 0.3) is 5.91 Å². The number of carboxylic acid groups (broad SMARTS) is 1. The summed E-state index contributed by atoms with van der Waals surface area (Å²) >= 11 is 0. The number of carboxylic acids is 1. The third kappa shape index (κ3) is 14.3. The van der Waals surface area contributed by atoms with Crippen molar-refractivity contribution in [1.82, 2.24) is 5.32 Å². The molecular formula is C41H56N2O5. The van der Waals surface area contributed by atoms with Crippen LogP contribution in [0.2, 0.25) is 0 Å². The molecule has 0 aromatic heterocycles. The molecule has 0 heterocycles. The summed E-state index contributed by atoms with van der Waals surface area (Å²) in [5.74, 6) is -2.28. The van der Waals surface area contributed by atoms with E-state index in [-0.39, 0.29) is 29.5 Å². The zero-order valence-corrected chi connectivity index (χ0v) is 28.9. The molecule has 48 heavy (non-hydrogen) atoms. The highest BCUT2D eigenvalue weighted by atomic mass is 16.4. The number of carbonyl (C=O) groups is 3. The molecule has 1 atom stereocenters. The van der Waals surface area contributed by atoms with Gasteiger partial charge in [0.05, 0.1) is 11.5 Å². The van der Waals surface area contributed by atoms with Crippen molar-refractivity contribution < 1.29 is 24.6 Å². The number of aromatic hydroxyl groups is 1. The molecule has 7 heteroatoms. The predicted molar refractivity (Wildman–Crippen MR) is 197 cm³/mol. The van der Waals surface area contributed by atoms with Gasteiger partial charge in [-0.2, -0.15) is 0 Å². The maximum absolute atomic E-state index is 12.7. The molecule has 2 amide bonds. The number of hydrogen-bond donors (Lipinski definition) is 4. The summed E-state index contributed by atoms with van der Waals surface area (Å²) in [5, 5.41) is 27.4. The minimum absolute atomic E-state index is 0.0287. The first-order valence-electron chi connectivity index (χ1n) is 18.1. The molecule has 4 N–H and O–H groups in total. The average molecular weight is 657 g/mol. The smallest absolute Gasteiger partial charge is 0.307 e. The number of allylic oxidation sites excluding steroid dienone is 2. The quantitative estimate of drug-likeness (QED) is 0.0566. The molecule has 0 aliphatic rings. The van der Waals surface area contributed by atoms with Crippen LogP contribution in [0.15, 0.2) is 72.8 Å². The lowest BCUT2D eigenvalue weighted by Crippen LogP contribution is -2.25. The van der Waals surface area contributed by atoms with Gasteiger partial charge in [-0.3, -0.25) is 14.4 Å². The van der Waals surface area contributed by atoms with Crippen LogP contribution in [0.4, 0.5) is 5.69 Å². The van der Waals surface area contributed by atoms with Gasteiger partial charge in [-0.15, -0.1) is 0 Å². The van der Waals surface area contributed by atoms with Crippen molar-refractivity contribution in [3.63, 3.8) is 0 Å². The van der Waals surface area contributed by atoms with E-state index in [1.165, 1.54) is 70.6 Å². The van der Waals surface area contributed by atoms with Gasteiger partial charge in [0.15, 0.2) is 0 Å². The molecule has 0 bridgehead atoms. The summed E-state index contributed by atoms with van der Waals surface area (Å²) in [6.07, 6.45) is 22.6. The number of unbranched alkanes of at least 4 members (excludes halogenated alkanes) is 12. The van der Waals surface area contributed by atoms with Crippen LogP contribution < -0.4 is 10.6 Å². The van der Waals surface area contributed by atoms with Gasteiger partial charge in [-0.1, -0.05) is 126 Å². The number of phenols is 1. The molecule has 1 unspecified atom stereocenters. The second kappa shape index (κ2) is 22.4. The van der Waals surface area contributed by atoms with Gasteiger partial charge in [0.1, 0.15) is 5.75 Å². The van der Waals surface area contributed by atoms with E-state index in [9.17, 15) is 24.6 Å². The van der Waals surface area contributed by atoms with Crippen LogP contribution in [0.5, 0.6) is 5.75 Å². The number of nitrogens with one attached hydrogen (secondary N) is 2. The number of phenolic OH excluding ortho intramolecular Hbond substituents is 1. The molecule has 3 rings (SSSR count). The first-order valence-corrected chi connectivity index (χ1v) is 18.1. The van der Waals surface area contributed by atoms with Crippen LogP contribution in [-0.4, -0.2) is 34.5 Å². The Morgan fingerprint density at radius 3 is 2.04 bits per heavy atom. The predicted octanol–water partition coefficient (Wildman–Crippen LogP) is 9.97. The zero-order chi connectivity index (χ0) is 34.4. The maximum atomic E-state index is 12.7. The molecule has 3 aromatic rings. The number of aliphatic carboxylic acids is 1. The van der Waals surface area contributed by atoms with Gasteiger partial charge >= 0.3 is 5.97 Å². The van der Waals surface area contributed by atoms with Gasteiger partial charge in [0.2, 0.25) is 5.91 Å². The average Bonchev–Trinajstić information content (AvgIpc) is 3.08. The topological polar surface area (TPSA) is 116 Å². The second-order valence-corrected chi connectivity index (χ2v) is 12.9. The number of carbonyl (C=O) groups excluding carboxylic acids is 2. The minimum atomic E-state index is -0.923. The van der Waals surface area contributed by atoms with E-state index in [0.29, 0.717) is 30.5 Å². The number of anilines is 1. The molecule has 260 valence electrons. The van der Waals surface area contributed by atoms with Crippen molar-refractivity contribution in [2.75, 3.05) is 11.9 Å². The van der Waals surface area contributed by atoms with E-state index in [1.807, 2.05) is 36.4 Å². The fraction of sp³-hybridized carbons (Fsp3) is 0.488. The summed E-state index contributed by atoms with van der Waals surface area (Å²) in [7, 11) is 0. The van der Waals surface area contributed by atoms with Crippen molar-refractivity contribution >= 4 is 34.2 Å². The highest BCUT2D eigenvalue weighted by molar-refractivity contribution is 6.03. The number of benzene rings is 3. The summed E-state index contributed by atoms with van der Waals surface area (Å²) in [4.78, 5) is 37.1. The normalized spacial score (nSPS) is 11.9. The van der Waals surface area contributed by atoms with Crippen molar-refractivity contribution in [2.24, 2.45) is 5.92 Å². The van der Waals surface area contributed by atoms with Crippen LogP contribution in [-0.2, 0) is 16.0 Å². The number of rotatable bonds is 24. The Labute approximate surface area is 287 Å². The van der Waals surface area contributed by atoms with Crippen LogP contribution in [0, 0.1) is 5.92 Å². The van der Waals surface area contributed by atoms with Gasteiger partial charge in [-0.05, 0) is 67.7 Å². The fourth-order valence-corrected chi connectivity index (χ4v) is 6.00. The Kier molecular flexibility index (Phi) is 17.9. The molecule has 0 saturated heterocycles. The Hall–Kier alpha value is -4.13. The lowest BCUT2D eigenvalue weighted by Gasteiger charge is -2.13. The van der Waals surface area contributed by atoms with E-state index in [1.54, 1.807) is 24.3 Å². The SMILES string of the molecule is CCCCCCC/C=C/CCCCCCCCCC(CC(=O)Nc1ccc(CCNC(=O)c2ccc3ccccc3c2O)cc1)C(=O)O. The van der Waals surface area contributed by atoms with Crippen LogP contribution in [0.25, 0.3) is 10.8 Å². The number of hydrogen-bond acceptors (Lipinski definition) is 4. The highest BCUT2D eigenvalue weighted by Crippen LogP contribution is 2.28. The van der Waals surface area contributed by atoms with Crippen molar-refractivity contribution in [3.05, 3.63) is 83.9 Å². The van der Waals surface area contributed by atoms with Crippen LogP contribution in [0.1, 0.15) is 126 Å². The number of amides is 2. The largest absolute Gasteiger partial charge is 0.506 e. The lowest BCUT2D eigenvalue weighted by atomic mass is 9.96. The van der Waals surface area contributed by atoms with Gasteiger partial charge in [0, 0.05) is 24.0 Å². The monoisotopic (exact) mass is 656 g/mol. The lowest BCUT2D eigenvalue weighted by molar-refractivity contribution is -0.143. The van der Waals surface area contributed by atoms with E-state index in [4.69, 9.17) is 0 Å². The molecule has 0 aliphatic carbocycles. The Morgan fingerprint density at radius 1 is 0.750 bits per heavy atom. The molecule has 0 saturated carbocycles. The molecule has 0 spiro atoms. The maximum Gasteiger partial charge on any atom is 0.307 e. The summed E-state index contributed by atoms with van der Waals surface area (Å²) in [5.41, 5.74) is 1.81. The van der Waals surface area contributed by atoms with Gasteiger partial charge < -0.3 is 20.8 Å². The summed E-state index contributed by atoms with van der Waals surface area (Å²) in [6.45, 7) is 2.63. The summed E-state index contributed by atoms with van der Waals surface area (Å²) in [6, 6.07) is 18.1. The van der Waals surface area contributed by atoms with Crippen molar-refractivity contribution in [2.45, 2.75) is 116 Å². The third-order valence-electron chi connectivity index (χ3n) is 8.93. The Morgan fingerprint density at radius 2 is 1.38 bits per heavy atom. The second-order valence-electron chi connectivity index (χ2n) is 12.9. The minimum Gasteiger partial charge on any atom is -0.506 e. The van der Waals surface area contributed by atoms with E-state index < -0.39 is 11.9 Å². The van der Waals surface area contributed by atoms with Crippen LogP contribution >= 0.6 is 0 Å². The fourth-order valence-electron chi connectivity index (χ4n) is 6.00. The molecule has 0 radical (unpaired) electrons.